The maximum absolute atomic E-state index is 11.0. The molecule has 1 N–H and O–H groups in total. The number of nitro groups is 1. The highest BCUT2D eigenvalue weighted by molar-refractivity contribution is 5.93. The second-order valence-electron chi connectivity index (χ2n) is 3.43. The third kappa shape index (κ3) is 2.12. The van der Waals surface area contributed by atoms with Crippen molar-refractivity contribution < 1.29 is 24.3 Å². The summed E-state index contributed by atoms with van der Waals surface area (Å²) in [6, 6.07) is 2.14. The molecule has 0 radical (unpaired) electrons. The summed E-state index contributed by atoms with van der Waals surface area (Å²) in [7, 11) is 0. The normalized spacial score (nSPS) is 13.9. The van der Waals surface area contributed by atoms with Crippen LogP contribution < -0.4 is 9.47 Å². The van der Waals surface area contributed by atoms with Gasteiger partial charge >= 0.3 is 5.97 Å². The molecular weight excluding hydrogens is 230 g/mol. The predicted molar refractivity (Wildman–Crippen MR) is 55.7 cm³/mol. The SMILES string of the molecule is O=C(O)c1cc([N+](=O)[O-])cc2c1OCCCO2. The van der Waals surface area contributed by atoms with Gasteiger partial charge < -0.3 is 14.6 Å². The molecule has 1 aliphatic heterocycles. The molecule has 1 aromatic carbocycles. The molecule has 17 heavy (non-hydrogen) atoms. The van der Waals surface area contributed by atoms with Crippen LogP contribution in [0.5, 0.6) is 11.5 Å². The summed E-state index contributed by atoms with van der Waals surface area (Å²) in [6.07, 6.45) is 0.599. The maximum Gasteiger partial charge on any atom is 0.339 e. The molecule has 0 aliphatic carbocycles. The first-order valence-corrected chi connectivity index (χ1v) is 4.91. The Hall–Kier alpha value is -2.31. The van der Waals surface area contributed by atoms with Gasteiger partial charge in [0.25, 0.3) is 5.69 Å². The smallest absolute Gasteiger partial charge is 0.339 e. The zero-order valence-electron chi connectivity index (χ0n) is 8.71. The average Bonchev–Trinajstić information content (AvgIpc) is 2.51. The molecule has 7 heteroatoms. The Kier molecular flexibility index (Phi) is 2.82. The van der Waals surface area contributed by atoms with Crippen LogP contribution in [0.4, 0.5) is 5.69 Å². The summed E-state index contributed by atoms with van der Waals surface area (Å²) < 4.78 is 10.5. The molecule has 1 aliphatic rings. The maximum atomic E-state index is 11.0. The van der Waals surface area contributed by atoms with Gasteiger partial charge in [0.05, 0.1) is 24.2 Å². The number of non-ortho nitro benzene ring substituents is 1. The Labute approximate surface area is 95.7 Å². The molecule has 0 amide bonds. The second-order valence-corrected chi connectivity index (χ2v) is 3.43. The fourth-order valence-corrected chi connectivity index (χ4v) is 1.52. The van der Waals surface area contributed by atoms with Gasteiger partial charge in [0.1, 0.15) is 5.56 Å². The first kappa shape index (κ1) is 11.2. The third-order valence-electron chi connectivity index (χ3n) is 2.27. The highest BCUT2D eigenvalue weighted by atomic mass is 16.6. The number of nitrogens with zero attached hydrogens (tertiary/aromatic N) is 1. The van der Waals surface area contributed by atoms with E-state index in [1.54, 1.807) is 0 Å². The molecule has 0 fully saturated rings. The number of hydrogen-bond donors (Lipinski definition) is 1. The van der Waals surface area contributed by atoms with E-state index < -0.39 is 10.9 Å². The molecule has 0 unspecified atom stereocenters. The zero-order chi connectivity index (χ0) is 12.4. The van der Waals surface area contributed by atoms with E-state index in [0.717, 1.165) is 6.07 Å². The molecule has 0 atom stereocenters. The number of rotatable bonds is 2. The second kappa shape index (κ2) is 4.28. The van der Waals surface area contributed by atoms with Crippen molar-refractivity contribution >= 4 is 11.7 Å². The summed E-state index contributed by atoms with van der Waals surface area (Å²) in [4.78, 5) is 21.0. The number of fused-ring (bicyclic) bond motifs is 1. The van der Waals surface area contributed by atoms with E-state index in [4.69, 9.17) is 14.6 Å². The van der Waals surface area contributed by atoms with Crippen LogP contribution in [0.1, 0.15) is 16.8 Å². The van der Waals surface area contributed by atoms with Crippen LogP contribution in [0.15, 0.2) is 12.1 Å². The largest absolute Gasteiger partial charge is 0.489 e. The highest BCUT2D eigenvalue weighted by Gasteiger charge is 2.24. The summed E-state index contributed by atoms with van der Waals surface area (Å²) in [5.74, 6) is -1.12. The van der Waals surface area contributed by atoms with Crippen molar-refractivity contribution in [3.63, 3.8) is 0 Å². The van der Waals surface area contributed by atoms with E-state index in [0.29, 0.717) is 19.6 Å². The lowest BCUT2D eigenvalue weighted by atomic mass is 10.1. The van der Waals surface area contributed by atoms with Crippen LogP contribution in [0.25, 0.3) is 0 Å². The van der Waals surface area contributed by atoms with E-state index in [-0.39, 0.29) is 22.7 Å². The summed E-state index contributed by atoms with van der Waals surface area (Å²) in [5.41, 5.74) is -0.581. The van der Waals surface area contributed by atoms with E-state index in [2.05, 4.69) is 0 Å². The van der Waals surface area contributed by atoms with E-state index in [1.807, 2.05) is 0 Å². The predicted octanol–water partition coefficient (Wildman–Crippen LogP) is 1.45. The molecule has 0 bridgehead atoms. The number of carboxylic acids is 1. The van der Waals surface area contributed by atoms with Crippen molar-refractivity contribution in [2.75, 3.05) is 13.2 Å². The Morgan fingerprint density at radius 2 is 2.06 bits per heavy atom. The lowest BCUT2D eigenvalue weighted by Gasteiger charge is -2.09. The number of carbonyl (C=O) groups is 1. The molecule has 1 heterocycles. The Balaban J connectivity index is 2.59. The number of hydrogen-bond acceptors (Lipinski definition) is 5. The van der Waals surface area contributed by atoms with Crippen molar-refractivity contribution in [1.29, 1.82) is 0 Å². The average molecular weight is 239 g/mol. The van der Waals surface area contributed by atoms with Crippen molar-refractivity contribution in [3.05, 3.63) is 27.8 Å². The van der Waals surface area contributed by atoms with Crippen molar-refractivity contribution in [2.24, 2.45) is 0 Å². The van der Waals surface area contributed by atoms with Gasteiger partial charge in [-0.3, -0.25) is 10.1 Å². The van der Waals surface area contributed by atoms with Gasteiger partial charge in [-0.05, 0) is 0 Å². The fourth-order valence-electron chi connectivity index (χ4n) is 1.52. The lowest BCUT2D eigenvalue weighted by Crippen LogP contribution is -2.04. The Bertz CT molecular complexity index is 484. The van der Waals surface area contributed by atoms with Crippen LogP contribution in [0, 0.1) is 10.1 Å². The quantitative estimate of drug-likeness (QED) is 0.619. The first-order valence-electron chi connectivity index (χ1n) is 4.91. The van der Waals surface area contributed by atoms with Gasteiger partial charge in [-0.15, -0.1) is 0 Å². The number of ether oxygens (including phenoxy) is 2. The van der Waals surface area contributed by atoms with E-state index >= 15 is 0 Å². The minimum absolute atomic E-state index is 0.0561. The molecule has 7 nitrogen and oxygen atoms in total. The van der Waals surface area contributed by atoms with Crippen LogP contribution in [0.3, 0.4) is 0 Å². The van der Waals surface area contributed by atoms with Crippen LogP contribution in [0.2, 0.25) is 0 Å². The Morgan fingerprint density at radius 1 is 1.35 bits per heavy atom. The minimum atomic E-state index is -1.28. The van der Waals surface area contributed by atoms with E-state index in [9.17, 15) is 14.9 Å². The standard InChI is InChI=1S/C10H9NO6/c12-10(13)7-4-6(11(14)15)5-8-9(7)17-3-1-2-16-8/h4-5H,1-3H2,(H,12,13). The van der Waals surface area contributed by atoms with Crippen molar-refractivity contribution in [2.45, 2.75) is 6.42 Å². The minimum Gasteiger partial charge on any atom is -0.489 e. The zero-order valence-corrected chi connectivity index (χ0v) is 8.71. The van der Waals surface area contributed by atoms with E-state index in [1.165, 1.54) is 6.07 Å². The number of nitro benzene ring substituents is 1. The number of benzene rings is 1. The van der Waals surface area contributed by atoms with Crippen LogP contribution in [-0.4, -0.2) is 29.2 Å². The fraction of sp³-hybridized carbons (Fsp3) is 0.300. The first-order chi connectivity index (χ1) is 8.09. The molecule has 0 spiro atoms. The molecule has 0 saturated heterocycles. The topological polar surface area (TPSA) is 98.9 Å². The van der Waals surface area contributed by atoms with Crippen molar-refractivity contribution in [1.82, 2.24) is 0 Å². The van der Waals surface area contributed by atoms with Gasteiger partial charge in [-0.25, -0.2) is 4.79 Å². The molecule has 2 rings (SSSR count). The summed E-state index contributed by atoms with van der Waals surface area (Å²) in [5, 5.41) is 19.6. The van der Waals surface area contributed by atoms with Gasteiger partial charge in [0, 0.05) is 12.5 Å². The highest BCUT2D eigenvalue weighted by Crippen LogP contribution is 2.37. The van der Waals surface area contributed by atoms with Gasteiger partial charge in [-0.1, -0.05) is 0 Å². The number of carboxylic acid groups (broad SMARTS) is 1. The van der Waals surface area contributed by atoms with Crippen molar-refractivity contribution in [3.8, 4) is 11.5 Å². The van der Waals surface area contributed by atoms with Gasteiger partial charge in [0.2, 0.25) is 0 Å². The third-order valence-corrected chi connectivity index (χ3v) is 2.27. The Morgan fingerprint density at radius 3 is 2.71 bits per heavy atom. The van der Waals surface area contributed by atoms with Gasteiger partial charge in [0.15, 0.2) is 11.5 Å². The molecule has 0 saturated carbocycles. The van der Waals surface area contributed by atoms with Crippen LogP contribution >= 0.6 is 0 Å². The molecular formula is C10H9NO6. The molecule has 1 aromatic rings. The summed E-state index contributed by atoms with van der Waals surface area (Å²) in [6.45, 7) is 0.665. The molecule has 0 aromatic heterocycles. The monoisotopic (exact) mass is 239 g/mol. The summed E-state index contributed by atoms with van der Waals surface area (Å²) >= 11 is 0. The lowest BCUT2D eigenvalue weighted by molar-refractivity contribution is -0.385. The molecule has 90 valence electrons. The van der Waals surface area contributed by atoms with Gasteiger partial charge in [-0.2, -0.15) is 0 Å². The number of aromatic carboxylic acids is 1. The van der Waals surface area contributed by atoms with Crippen LogP contribution in [-0.2, 0) is 0 Å².